The smallest absolute Gasteiger partial charge is 0.328 e. The molecule has 1 aromatic rings. The Morgan fingerprint density at radius 3 is 2.95 bits per heavy atom. The van der Waals surface area contributed by atoms with E-state index in [2.05, 4.69) is 0 Å². The Morgan fingerprint density at radius 2 is 2.37 bits per heavy atom. The predicted octanol–water partition coefficient (Wildman–Crippen LogP) is 2.15. The second-order valence-corrected chi connectivity index (χ2v) is 4.47. The predicted molar refractivity (Wildman–Crippen MR) is 70.7 cm³/mol. The fraction of sp³-hybridized carbons (Fsp3) is 0.357. The number of hydrogen-bond donors (Lipinski definition) is 1. The molecule has 0 amide bonds. The van der Waals surface area contributed by atoms with Crippen molar-refractivity contribution in [2.24, 2.45) is 0 Å². The van der Waals surface area contributed by atoms with Gasteiger partial charge in [-0.2, -0.15) is 0 Å². The summed E-state index contributed by atoms with van der Waals surface area (Å²) < 4.78 is 19.2. The van der Waals surface area contributed by atoms with E-state index in [4.69, 9.17) is 9.84 Å². The number of halogens is 1. The maximum absolute atomic E-state index is 14.0. The molecule has 0 bridgehead atoms. The van der Waals surface area contributed by atoms with Gasteiger partial charge >= 0.3 is 5.97 Å². The van der Waals surface area contributed by atoms with Crippen molar-refractivity contribution < 1.29 is 19.0 Å². The molecular formula is C14H16FNO3. The first-order valence-corrected chi connectivity index (χ1v) is 6.08. The molecule has 1 aliphatic heterocycles. The summed E-state index contributed by atoms with van der Waals surface area (Å²) in [5.74, 6) is -1.39. The molecule has 1 unspecified atom stereocenters. The third-order valence-corrected chi connectivity index (χ3v) is 3.21. The summed E-state index contributed by atoms with van der Waals surface area (Å²) in [5, 5.41) is 8.52. The van der Waals surface area contributed by atoms with Crippen LogP contribution < -0.4 is 4.90 Å². The van der Waals surface area contributed by atoms with E-state index in [1.807, 2.05) is 4.90 Å². The van der Waals surface area contributed by atoms with E-state index in [-0.39, 0.29) is 11.9 Å². The number of nitrogens with zero attached hydrogens (tertiary/aromatic N) is 1. The molecule has 1 aliphatic rings. The number of carboxylic acid groups (broad SMARTS) is 1. The maximum atomic E-state index is 14.0. The highest BCUT2D eigenvalue weighted by molar-refractivity contribution is 5.85. The second-order valence-electron chi connectivity index (χ2n) is 4.47. The standard InChI is InChI=1S/C14H16FNO3/c1-19-11-6-7-16(9-11)13-4-2-10(8-12(13)15)3-5-14(17)18/h2-5,8,11H,6-7,9H2,1H3,(H,17,18)/b5-3+. The van der Waals surface area contributed by atoms with Crippen LogP contribution in [0.1, 0.15) is 12.0 Å². The molecule has 0 radical (unpaired) electrons. The first-order valence-electron chi connectivity index (χ1n) is 6.08. The molecule has 2 rings (SSSR count). The molecule has 0 saturated carbocycles. The van der Waals surface area contributed by atoms with Crippen molar-refractivity contribution in [1.29, 1.82) is 0 Å². The number of carbonyl (C=O) groups is 1. The molecule has 1 saturated heterocycles. The number of methoxy groups -OCH3 is 1. The zero-order valence-electron chi connectivity index (χ0n) is 10.7. The minimum absolute atomic E-state index is 0.144. The molecule has 1 N–H and O–H groups in total. The van der Waals surface area contributed by atoms with Crippen molar-refractivity contribution in [3.63, 3.8) is 0 Å². The summed E-state index contributed by atoms with van der Waals surface area (Å²) in [6, 6.07) is 4.72. The Kier molecular flexibility index (Phi) is 4.16. The number of benzene rings is 1. The average molecular weight is 265 g/mol. The average Bonchev–Trinajstić information content (AvgIpc) is 2.85. The molecular weight excluding hydrogens is 249 g/mol. The first-order chi connectivity index (χ1) is 9.10. The monoisotopic (exact) mass is 265 g/mol. The number of carboxylic acids is 1. The molecule has 0 aromatic heterocycles. The van der Waals surface area contributed by atoms with Crippen molar-refractivity contribution in [3.8, 4) is 0 Å². The van der Waals surface area contributed by atoms with Crippen LogP contribution >= 0.6 is 0 Å². The highest BCUT2D eigenvalue weighted by Gasteiger charge is 2.24. The van der Waals surface area contributed by atoms with Gasteiger partial charge in [0.15, 0.2) is 0 Å². The van der Waals surface area contributed by atoms with Gasteiger partial charge in [-0.1, -0.05) is 6.07 Å². The molecule has 19 heavy (non-hydrogen) atoms. The Bertz CT molecular complexity index is 501. The summed E-state index contributed by atoms with van der Waals surface area (Å²) >= 11 is 0. The summed E-state index contributed by atoms with van der Waals surface area (Å²) in [7, 11) is 1.66. The molecule has 4 nitrogen and oxygen atoms in total. The van der Waals surface area contributed by atoms with Gasteiger partial charge in [-0.3, -0.25) is 0 Å². The van der Waals surface area contributed by atoms with Crippen molar-refractivity contribution in [2.75, 3.05) is 25.1 Å². The quantitative estimate of drug-likeness (QED) is 0.847. The number of aliphatic carboxylic acids is 1. The van der Waals surface area contributed by atoms with Crippen LogP contribution in [0.15, 0.2) is 24.3 Å². The van der Waals surface area contributed by atoms with E-state index in [1.165, 1.54) is 12.1 Å². The molecule has 1 fully saturated rings. The van der Waals surface area contributed by atoms with Crippen LogP contribution in [-0.2, 0) is 9.53 Å². The van der Waals surface area contributed by atoms with Gasteiger partial charge in [0.2, 0.25) is 0 Å². The van der Waals surface area contributed by atoms with Crippen LogP contribution in [0.4, 0.5) is 10.1 Å². The van der Waals surface area contributed by atoms with Crippen molar-refractivity contribution in [1.82, 2.24) is 0 Å². The van der Waals surface area contributed by atoms with Crippen LogP contribution in [0.3, 0.4) is 0 Å². The zero-order valence-corrected chi connectivity index (χ0v) is 10.7. The molecule has 1 aromatic carbocycles. The molecule has 0 spiro atoms. The maximum Gasteiger partial charge on any atom is 0.328 e. The summed E-state index contributed by atoms with van der Waals surface area (Å²) in [6.07, 6.45) is 3.39. The number of anilines is 1. The lowest BCUT2D eigenvalue weighted by Gasteiger charge is -2.19. The SMILES string of the molecule is COC1CCN(c2ccc(/C=C/C(=O)O)cc2F)C1. The summed E-state index contributed by atoms with van der Waals surface area (Å²) in [5.41, 5.74) is 1.07. The normalized spacial score (nSPS) is 19.3. The van der Waals surface area contributed by atoms with Crippen LogP contribution in [-0.4, -0.2) is 37.4 Å². The van der Waals surface area contributed by atoms with Crippen LogP contribution in [0.2, 0.25) is 0 Å². The third-order valence-electron chi connectivity index (χ3n) is 3.21. The van der Waals surface area contributed by atoms with Crippen LogP contribution in [0.5, 0.6) is 0 Å². The topological polar surface area (TPSA) is 49.8 Å². The third kappa shape index (κ3) is 3.32. The Balaban J connectivity index is 2.13. The van der Waals surface area contributed by atoms with Crippen molar-refractivity contribution in [3.05, 3.63) is 35.7 Å². The number of rotatable bonds is 4. The van der Waals surface area contributed by atoms with E-state index in [9.17, 15) is 9.18 Å². The number of ether oxygens (including phenoxy) is 1. The summed E-state index contributed by atoms with van der Waals surface area (Å²) in [4.78, 5) is 12.3. The first kappa shape index (κ1) is 13.5. The lowest BCUT2D eigenvalue weighted by molar-refractivity contribution is -0.131. The van der Waals surface area contributed by atoms with Gasteiger partial charge in [0, 0.05) is 26.3 Å². The minimum atomic E-state index is -1.05. The van der Waals surface area contributed by atoms with Crippen LogP contribution in [0.25, 0.3) is 6.08 Å². The summed E-state index contributed by atoms with van der Waals surface area (Å²) in [6.45, 7) is 1.44. The number of hydrogen-bond acceptors (Lipinski definition) is 3. The lowest BCUT2D eigenvalue weighted by atomic mass is 10.1. The van der Waals surface area contributed by atoms with Gasteiger partial charge in [0.1, 0.15) is 5.82 Å². The van der Waals surface area contributed by atoms with Crippen molar-refractivity contribution >= 4 is 17.7 Å². The van der Waals surface area contributed by atoms with Crippen LogP contribution in [0, 0.1) is 5.82 Å². The van der Waals surface area contributed by atoms with Gasteiger partial charge < -0.3 is 14.7 Å². The minimum Gasteiger partial charge on any atom is -0.478 e. The lowest BCUT2D eigenvalue weighted by Crippen LogP contribution is -2.23. The molecule has 1 heterocycles. The Labute approximate surface area is 111 Å². The van der Waals surface area contributed by atoms with Gasteiger partial charge in [-0.05, 0) is 30.2 Å². The van der Waals surface area contributed by atoms with Gasteiger partial charge in [-0.15, -0.1) is 0 Å². The van der Waals surface area contributed by atoms with Gasteiger partial charge in [0.25, 0.3) is 0 Å². The highest BCUT2D eigenvalue weighted by atomic mass is 19.1. The zero-order chi connectivity index (χ0) is 13.8. The Hall–Kier alpha value is -1.88. The largest absolute Gasteiger partial charge is 0.478 e. The van der Waals surface area contributed by atoms with E-state index < -0.39 is 5.97 Å². The fourth-order valence-corrected chi connectivity index (χ4v) is 2.19. The second kappa shape index (κ2) is 5.84. The van der Waals surface area contributed by atoms with Crippen molar-refractivity contribution in [2.45, 2.75) is 12.5 Å². The highest BCUT2D eigenvalue weighted by Crippen LogP contribution is 2.25. The molecule has 0 aliphatic carbocycles. The van der Waals surface area contributed by atoms with E-state index in [0.29, 0.717) is 17.8 Å². The van der Waals surface area contributed by atoms with E-state index in [1.54, 1.807) is 19.2 Å². The molecule has 1 atom stereocenters. The Morgan fingerprint density at radius 1 is 1.58 bits per heavy atom. The van der Waals surface area contributed by atoms with Gasteiger partial charge in [-0.25, -0.2) is 9.18 Å². The molecule has 102 valence electrons. The molecule has 5 heteroatoms. The van der Waals surface area contributed by atoms with E-state index >= 15 is 0 Å². The fourth-order valence-electron chi connectivity index (χ4n) is 2.19. The van der Waals surface area contributed by atoms with E-state index in [0.717, 1.165) is 19.0 Å². The van der Waals surface area contributed by atoms with Gasteiger partial charge in [0.05, 0.1) is 11.8 Å².